The molecule has 0 bridgehead atoms. The third kappa shape index (κ3) is 3.48. The number of pyridine rings is 1. The van der Waals surface area contributed by atoms with Gasteiger partial charge < -0.3 is 14.8 Å². The van der Waals surface area contributed by atoms with Crippen LogP contribution in [-0.4, -0.2) is 34.1 Å². The zero-order valence-corrected chi connectivity index (χ0v) is 15.7. The molecule has 3 aromatic heterocycles. The second kappa shape index (κ2) is 7.32. The van der Waals surface area contributed by atoms with Crippen molar-refractivity contribution in [2.24, 2.45) is 0 Å². The summed E-state index contributed by atoms with van der Waals surface area (Å²) < 4.78 is 11.1. The van der Waals surface area contributed by atoms with Crippen LogP contribution < -0.4 is 14.8 Å². The molecule has 3 aromatic rings. The first-order valence-corrected chi connectivity index (χ1v) is 9.43. The van der Waals surface area contributed by atoms with Crippen molar-refractivity contribution in [1.82, 2.24) is 20.3 Å². The van der Waals surface area contributed by atoms with Gasteiger partial charge in [-0.1, -0.05) is 0 Å². The van der Waals surface area contributed by atoms with Gasteiger partial charge in [0.25, 0.3) is 5.91 Å². The molecule has 0 radical (unpaired) electrons. The fourth-order valence-corrected chi connectivity index (χ4v) is 3.73. The highest BCUT2D eigenvalue weighted by Crippen LogP contribution is 2.39. The number of aryl methyl sites for hydroxylation is 1. The van der Waals surface area contributed by atoms with E-state index in [4.69, 9.17) is 9.47 Å². The third-order valence-electron chi connectivity index (χ3n) is 4.28. The van der Waals surface area contributed by atoms with Gasteiger partial charge in [0.05, 0.1) is 6.04 Å². The Hall–Kier alpha value is -3.00. The van der Waals surface area contributed by atoms with Crippen LogP contribution in [-0.2, 0) is 0 Å². The highest BCUT2D eigenvalue weighted by Gasteiger charge is 2.25. The van der Waals surface area contributed by atoms with E-state index in [0.717, 1.165) is 16.8 Å². The zero-order valence-electron chi connectivity index (χ0n) is 14.9. The maximum Gasteiger partial charge on any atom is 0.265 e. The fourth-order valence-electron chi connectivity index (χ4n) is 2.90. The molecule has 0 fully saturated rings. The van der Waals surface area contributed by atoms with E-state index >= 15 is 0 Å². The summed E-state index contributed by atoms with van der Waals surface area (Å²) in [7, 11) is 0. The predicted octanol–water partition coefficient (Wildman–Crippen LogP) is 3.17. The number of carbonyl (C=O) groups excluding carboxylic acids is 1. The molecule has 0 unspecified atom stereocenters. The Morgan fingerprint density at radius 1 is 1.26 bits per heavy atom. The molecule has 1 amide bonds. The maximum atomic E-state index is 12.7. The van der Waals surface area contributed by atoms with Crippen molar-refractivity contribution in [2.75, 3.05) is 13.2 Å². The zero-order chi connectivity index (χ0) is 18.8. The van der Waals surface area contributed by atoms with Crippen molar-refractivity contribution < 1.29 is 14.3 Å². The van der Waals surface area contributed by atoms with Crippen LogP contribution >= 0.6 is 11.3 Å². The van der Waals surface area contributed by atoms with Gasteiger partial charge in [0.1, 0.15) is 18.1 Å². The number of fused-ring (bicyclic) bond motifs is 1. The second-order valence-corrected chi connectivity index (χ2v) is 7.00. The number of hydrogen-bond donors (Lipinski definition) is 1. The van der Waals surface area contributed by atoms with Crippen molar-refractivity contribution in [2.45, 2.75) is 19.9 Å². The van der Waals surface area contributed by atoms with Crippen LogP contribution in [0, 0.1) is 6.92 Å². The number of nitrogens with one attached hydrogen (secondary N) is 1. The highest BCUT2D eigenvalue weighted by atomic mass is 32.1. The molecule has 8 heteroatoms. The summed E-state index contributed by atoms with van der Waals surface area (Å²) in [4.78, 5) is 26.2. The number of carbonyl (C=O) groups is 1. The minimum Gasteiger partial charge on any atom is -0.485 e. The molecule has 1 N–H and O–H groups in total. The predicted molar refractivity (Wildman–Crippen MR) is 101 cm³/mol. The number of aromatic nitrogens is 3. The first-order valence-electron chi connectivity index (χ1n) is 8.55. The summed E-state index contributed by atoms with van der Waals surface area (Å²) in [6.07, 6.45) is 5.17. The monoisotopic (exact) mass is 382 g/mol. The Morgan fingerprint density at radius 2 is 2.04 bits per heavy atom. The number of rotatable bonds is 4. The molecule has 4 heterocycles. The van der Waals surface area contributed by atoms with Crippen LogP contribution in [0.25, 0.3) is 11.4 Å². The largest absolute Gasteiger partial charge is 0.485 e. The third-order valence-corrected chi connectivity index (χ3v) is 5.22. The van der Waals surface area contributed by atoms with Crippen molar-refractivity contribution in [3.63, 3.8) is 0 Å². The minimum absolute atomic E-state index is 0.197. The number of thiophene rings is 1. The van der Waals surface area contributed by atoms with E-state index in [1.54, 1.807) is 24.0 Å². The van der Waals surface area contributed by atoms with E-state index in [2.05, 4.69) is 20.3 Å². The van der Waals surface area contributed by atoms with E-state index in [9.17, 15) is 4.79 Å². The molecule has 0 saturated carbocycles. The lowest BCUT2D eigenvalue weighted by Crippen LogP contribution is -2.27. The van der Waals surface area contributed by atoms with Gasteiger partial charge in [0.2, 0.25) is 0 Å². The molecule has 7 nitrogen and oxygen atoms in total. The van der Waals surface area contributed by atoms with Crippen LogP contribution in [0.2, 0.25) is 0 Å². The fraction of sp³-hybridized carbons (Fsp3) is 0.263. The lowest BCUT2D eigenvalue weighted by Gasteiger charge is -2.18. The molecule has 1 aliphatic rings. The number of ether oxygens (including phenoxy) is 2. The first-order chi connectivity index (χ1) is 13.1. The average Bonchev–Trinajstić information content (AvgIpc) is 3.12. The van der Waals surface area contributed by atoms with Crippen molar-refractivity contribution in [3.8, 4) is 22.9 Å². The first kappa shape index (κ1) is 17.4. The Bertz CT molecular complexity index is 974. The summed E-state index contributed by atoms with van der Waals surface area (Å²) >= 11 is 1.32. The number of amides is 1. The van der Waals surface area contributed by atoms with Crippen LogP contribution in [0.3, 0.4) is 0 Å². The quantitative estimate of drug-likeness (QED) is 0.746. The molecule has 0 saturated heterocycles. The Labute approximate surface area is 160 Å². The molecule has 1 aliphatic heterocycles. The van der Waals surface area contributed by atoms with E-state index in [1.807, 2.05) is 26.0 Å². The molecule has 0 spiro atoms. The molecular weight excluding hydrogens is 364 g/mol. The summed E-state index contributed by atoms with van der Waals surface area (Å²) in [5, 5.41) is 4.79. The normalized spacial score (nSPS) is 13.9. The SMILES string of the molecule is Cc1nc(-c2ccncc2)ncc1[C@@H](C)NC(=O)c1scc2c1OCCO2. The van der Waals surface area contributed by atoms with Crippen LogP contribution in [0.1, 0.15) is 33.9 Å². The Morgan fingerprint density at radius 3 is 2.81 bits per heavy atom. The van der Waals surface area contributed by atoms with Gasteiger partial charge in [-0.25, -0.2) is 9.97 Å². The minimum atomic E-state index is -0.244. The summed E-state index contributed by atoms with van der Waals surface area (Å²) in [5.74, 6) is 1.59. The standard InChI is InChI=1S/C19H18N4O3S/c1-11-14(9-21-18(22-11)13-3-5-20-6-4-13)12(2)23-19(24)17-16-15(10-27-17)25-7-8-26-16/h3-6,9-10,12H,7-8H2,1-2H3,(H,23,24)/t12-/m1/s1. The average molecular weight is 382 g/mol. The van der Waals surface area contributed by atoms with Gasteiger partial charge in [-0.05, 0) is 26.0 Å². The maximum absolute atomic E-state index is 12.7. The van der Waals surface area contributed by atoms with Gasteiger partial charge >= 0.3 is 0 Å². The van der Waals surface area contributed by atoms with Gasteiger partial charge in [-0.2, -0.15) is 0 Å². The van der Waals surface area contributed by atoms with Gasteiger partial charge in [-0.15, -0.1) is 11.3 Å². The highest BCUT2D eigenvalue weighted by molar-refractivity contribution is 7.12. The van der Waals surface area contributed by atoms with Gasteiger partial charge in [0, 0.05) is 40.8 Å². The summed E-state index contributed by atoms with van der Waals surface area (Å²) in [5.41, 5.74) is 2.58. The summed E-state index contributed by atoms with van der Waals surface area (Å²) in [6, 6.07) is 3.48. The second-order valence-electron chi connectivity index (χ2n) is 6.12. The topological polar surface area (TPSA) is 86.2 Å². The van der Waals surface area contributed by atoms with Crippen LogP contribution in [0.4, 0.5) is 0 Å². The van der Waals surface area contributed by atoms with Crippen molar-refractivity contribution in [1.29, 1.82) is 0 Å². The van der Waals surface area contributed by atoms with Crippen LogP contribution in [0.15, 0.2) is 36.1 Å². The van der Waals surface area contributed by atoms with E-state index in [1.165, 1.54) is 11.3 Å². The molecule has 1 atom stereocenters. The lowest BCUT2D eigenvalue weighted by atomic mass is 10.1. The number of hydrogen-bond acceptors (Lipinski definition) is 7. The van der Waals surface area contributed by atoms with E-state index in [-0.39, 0.29) is 11.9 Å². The molecule has 4 rings (SSSR count). The van der Waals surface area contributed by atoms with Gasteiger partial charge in [-0.3, -0.25) is 9.78 Å². The Balaban J connectivity index is 1.52. The summed E-state index contributed by atoms with van der Waals surface area (Å²) in [6.45, 7) is 4.77. The smallest absolute Gasteiger partial charge is 0.265 e. The molecule has 27 heavy (non-hydrogen) atoms. The van der Waals surface area contributed by atoms with E-state index < -0.39 is 0 Å². The van der Waals surface area contributed by atoms with E-state index in [0.29, 0.717) is 35.4 Å². The molecule has 138 valence electrons. The number of nitrogens with zero attached hydrogens (tertiary/aromatic N) is 3. The molecule has 0 aromatic carbocycles. The van der Waals surface area contributed by atoms with Crippen molar-refractivity contribution >= 4 is 17.2 Å². The van der Waals surface area contributed by atoms with Crippen molar-refractivity contribution in [3.05, 3.63) is 52.2 Å². The lowest BCUT2D eigenvalue weighted by molar-refractivity contribution is 0.0934. The Kier molecular flexibility index (Phi) is 4.72. The molecule has 0 aliphatic carbocycles. The van der Waals surface area contributed by atoms with Gasteiger partial charge in [0.15, 0.2) is 17.3 Å². The van der Waals surface area contributed by atoms with Crippen LogP contribution in [0.5, 0.6) is 11.5 Å². The molecular formula is C19H18N4O3S.